The van der Waals surface area contributed by atoms with Crippen molar-refractivity contribution < 1.29 is 0 Å². The Morgan fingerprint density at radius 1 is 0.373 bits per heavy atom. The fourth-order valence-corrected chi connectivity index (χ4v) is 8.15. The van der Waals surface area contributed by atoms with E-state index in [2.05, 4.69) is 178 Å². The molecule has 10 rings (SSSR count). The highest BCUT2D eigenvalue weighted by molar-refractivity contribution is 6.08. The number of benzene rings is 8. The maximum Gasteiger partial charge on any atom is 0.160 e. The summed E-state index contributed by atoms with van der Waals surface area (Å²) in [5.41, 5.74) is 12.5. The van der Waals surface area contributed by atoms with Gasteiger partial charge in [-0.05, 0) is 90.0 Å². The highest BCUT2D eigenvalue weighted by Gasteiger charge is 2.37. The molecule has 0 spiro atoms. The first-order chi connectivity index (χ1) is 25.0. The van der Waals surface area contributed by atoms with Gasteiger partial charge in [0.1, 0.15) is 0 Å². The second-order valence-corrected chi connectivity index (χ2v) is 14.2. The van der Waals surface area contributed by atoms with Crippen molar-refractivity contribution in [1.82, 2.24) is 9.97 Å². The molecule has 8 aromatic carbocycles. The third-order valence-electron chi connectivity index (χ3n) is 10.9. The molecule has 1 aliphatic carbocycles. The third kappa shape index (κ3) is 4.79. The van der Waals surface area contributed by atoms with Crippen LogP contribution in [0.2, 0.25) is 0 Å². The molecule has 0 fully saturated rings. The first kappa shape index (κ1) is 29.5. The zero-order valence-electron chi connectivity index (χ0n) is 28.6. The summed E-state index contributed by atoms with van der Waals surface area (Å²) >= 11 is 0. The molecule has 1 heterocycles. The van der Waals surface area contributed by atoms with Crippen LogP contribution in [-0.4, -0.2) is 9.97 Å². The second kappa shape index (κ2) is 11.3. The van der Waals surface area contributed by atoms with E-state index < -0.39 is 0 Å². The van der Waals surface area contributed by atoms with Gasteiger partial charge in [-0.2, -0.15) is 0 Å². The average Bonchev–Trinajstić information content (AvgIpc) is 3.42. The summed E-state index contributed by atoms with van der Waals surface area (Å²) in [5, 5.41) is 7.59. The zero-order chi connectivity index (χ0) is 34.1. The minimum atomic E-state index is -0.131. The van der Waals surface area contributed by atoms with Gasteiger partial charge in [0.2, 0.25) is 0 Å². The first-order valence-corrected chi connectivity index (χ1v) is 17.7. The molecule has 0 saturated carbocycles. The lowest BCUT2D eigenvalue weighted by molar-refractivity contribution is 0.661. The number of hydrogen-bond donors (Lipinski definition) is 0. The van der Waals surface area contributed by atoms with Crippen molar-refractivity contribution in [3.05, 3.63) is 181 Å². The smallest absolute Gasteiger partial charge is 0.160 e. The Kier molecular flexibility index (Phi) is 6.56. The normalized spacial score (nSPS) is 13.1. The monoisotopic (exact) mass is 650 g/mol. The Hall–Kier alpha value is -6.38. The molecule has 0 unspecified atom stereocenters. The van der Waals surface area contributed by atoms with Gasteiger partial charge in [0.25, 0.3) is 0 Å². The van der Waals surface area contributed by atoms with Crippen molar-refractivity contribution in [2.24, 2.45) is 0 Å². The lowest BCUT2D eigenvalue weighted by atomic mass is 9.81. The van der Waals surface area contributed by atoms with Gasteiger partial charge in [0, 0.05) is 22.1 Å². The van der Waals surface area contributed by atoms with Gasteiger partial charge in [0.15, 0.2) is 5.82 Å². The van der Waals surface area contributed by atoms with Gasteiger partial charge in [-0.1, -0.05) is 159 Å². The van der Waals surface area contributed by atoms with E-state index in [1.54, 1.807) is 0 Å². The van der Waals surface area contributed by atoms with Crippen LogP contribution in [-0.2, 0) is 5.41 Å². The van der Waals surface area contributed by atoms with Crippen LogP contribution in [0, 0.1) is 0 Å². The summed E-state index contributed by atoms with van der Waals surface area (Å²) in [6.07, 6.45) is 0. The fourth-order valence-electron chi connectivity index (χ4n) is 8.15. The highest BCUT2D eigenvalue weighted by atomic mass is 14.9. The largest absolute Gasteiger partial charge is 0.228 e. The molecule has 0 N–H and O–H groups in total. The molecule has 240 valence electrons. The Balaban J connectivity index is 1.12. The average molecular weight is 651 g/mol. The van der Waals surface area contributed by atoms with E-state index in [1.165, 1.54) is 65.7 Å². The molecular weight excluding hydrogens is 617 g/mol. The van der Waals surface area contributed by atoms with E-state index in [0.717, 1.165) is 33.9 Å². The molecule has 51 heavy (non-hydrogen) atoms. The predicted octanol–water partition coefficient (Wildman–Crippen LogP) is 12.9. The van der Waals surface area contributed by atoms with Gasteiger partial charge in [-0.15, -0.1) is 0 Å². The Bertz CT molecular complexity index is 2810. The molecule has 0 saturated heterocycles. The molecule has 1 aromatic heterocycles. The van der Waals surface area contributed by atoms with E-state index in [0.29, 0.717) is 0 Å². The van der Waals surface area contributed by atoms with E-state index in [-0.39, 0.29) is 5.41 Å². The van der Waals surface area contributed by atoms with Crippen LogP contribution in [0.5, 0.6) is 0 Å². The predicted molar refractivity (Wildman–Crippen MR) is 214 cm³/mol. The molecule has 0 amide bonds. The Morgan fingerprint density at radius 2 is 1.00 bits per heavy atom. The number of nitrogens with zero attached hydrogens (tertiary/aromatic N) is 2. The number of hydrogen-bond acceptors (Lipinski definition) is 2. The summed E-state index contributed by atoms with van der Waals surface area (Å²) in [4.78, 5) is 10.4. The number of rotatable bonds is 4. The summed E-state index contributed by atoms with van der Waals surface area (Å²) in [6, 6.07) is 61.3. The molecule has 0 bridgehead atoms. The summed E-state index contributed by atoms with van der Waals surface area (Å²) in [6.45, 7) is 4.69. The zero-order valence-corrected chi connectivity index (χ0v) is 28.6. The van der Waals surface area contributed by atoms with E-state index >= 15 is 0 Å². The molecule has 0 radical (unpaired) electrons. The van der Waals surface area contributed by atoms with Crippen molar-refractivity contribution >= 4 is 32.3 Å². The standard InChI is InChI=1S/C49H34N2/c1-49(2)43-18-10-17-40(47(43)42-28-36-14-6-7-15-37(36)29-44(42)49)46-30-45(50-48(51-46)35-12-4-3-5-13-35)34-24-19-31(20-25-34)38-26-23-33-22-21-32-11-8-9-16-39(32)41(33)27-38/h3-30H,1-2H3. The van der Waals surface area contributed by atoms with Crippen LogP contribution in [0.1, 0.15) is 25.0 Å². The van der Waals surface area contributed by atoms with Gasteiger partial charge in [-0.25, -0.2) is 9.97 Å². The highest BCUT2D eigenvalue weighted by Crippen LogP contribution is 2.53. The van der Waals surface area contributed by atoms with Crippen LogP contribution in [0.4, 0.5) is 0 Å². The maximum atomic E-state index is 5.27. The molecule has 1 aliphatic rings. The van der Waals surface area contributed by atoms with Crippen LogP contribution in [0.15, 0.2) is 170 Å². The van der Waals surface area contributed by atoms with Crippen molar-refractivity contribution in [3.8, 4) is 56.2 Å². The molecule has 2 heteroatoms. The van der Waals surface area contributed by atoms with Crippen LogP contribution in [0.25, 0.3) is 88.5 Å². The van der Waals surface area contributed by atoms with Crippen molar-refractivity contribution in [3.63, 3.8) is 0 Å². The van der Waals surface area contributed by atoms with Crippen LogP contribution >= 0.6 is 0 Å². The quantitative estimate of drug-likeness (QED) is 0.177. The fraction of sp³-hybridized carbons (Fsp3) is 0.0612. The lowest BCUT2D eigenvalue weighted by Gasteiger charge is -2.22. The third-order valence-corrected chi connectivity index (χ3v) is 10.9. The SMILES string of the molecule is CC1(C)c2cc3ccccc3cc2-c2c(-c3cc(-c4ccc(-c5ccc6ccc7ccccc7c6c5)cc4)nc(-c4ccccc4)n3)cccc21. The number of aromatic nitrogens is 2. The molecule has 0 aliphatic heterocycles. The second-order valence-electron chi connectivity index (χ2n) is 14.2. The molecule has 9 aromatic rings. The first-order valence-electron chi connectivity index (χ1n) is 17.7. The van der Waals surface area contributed by atoms with E-state index in [1.807, 2.05) is 6.07 Å². The molecule has 0 atom stereocenters. The van der Waals surface area contributed by atoms with Crippen LogP contribution in [0.3, 0.4) is 0 Å². The maximum absolute atomic E-state index is 5.27. The summed E-state index contributed by atoms with van der Waals surface area (Å²) in [7, 11) is 0. The van der Waals surface area contributed by atoms with Crippen LogP contribution < -0.4 is 0 Å². The van der Waals surface area contributed by atoms with Gasteiger partial charge < -0.3 is 0 Å². The summed E-state index contributed by atoms with van der Waals surface area (Å²) < 4.78 is 0. The van der Waals surface area contributed by atoms with Crippen molar-refractivity contribution in [2.75, 3.05) is 0 Å². The molecular formula is C49H34N2. The van der Waals surface area contributed by atoms with Crippen molar-refractivity contribution in [1.29, 1.82) is 0 Å². The van der Waals surface area contributed by atoms with E-state index in [9.17, 15) is 0 Å². The summed E-state index contributed by atoms with van der Waals surface area (Å²) in [5.74, 6) is 0.724. The Labute approximate surface area is 297 Å². The van der Waals surface area contributed by atoms with Gasteiger partial charge >= 0.3 is 0 Å². The topological polar surface area (TPSA) is 25.8 Å². The van der Waals surface area contributed by atoms with Gasteiger partial charge in [-0.3, -0.25) is 0 Å². The number of fused-ring (bicyclic) bond motifs is 7. The van der Waals surface area contributed by atoms with Gasteiger partial charge in [0.05, 0.1) is 11.4 Å². The Morgan fingerprint density at radius 3 is 1.80 bits per heavy atom. The van der Waals surface area contributed by atoms with Crippen molar-refractivity contribution in [2.45, 2.75) is 19.3 Å². The van der Waals surface area contributed by atoms with E-state index in [4.69, 9.17) is 9.97 Å². The lowest BCUT2D eigenvalue weighted by Crippen LogP contribution is -2.14. The minimum Gasteiger partial charge on any atom is -0.228 e. The minimum absolute atomic E-state index is 0.131. The molecule has 2 nitrogen and oxygen atoms in total.